The van der Waals surface area contributed by atoms with Crippen LogP contribution in [0.25, 0.3) is 11.0 Å². The van der Waals surface area contributed by atoms with Crippen LogP contribution in [-0.4, -0.2) is 27.9 Å². The summed E-state index contributed by atoms with van der Waals surface area (Å²) in [5, 5.41) is 0. The highest BCUT2D eigenvalue weighted by Gasteiger charge is 2.25. The van der Waals surface area contributed by atoms with E-state index in [0.717, 1.165) is 36.5 Å². The van der Waals surface area contributed by atoms with Gasteiger partial charge in [-0.05, 0) is 30.5 Å². The number of aromatic amines is 1. The van der Waals surface area contributed by atoms with E-state index in [0.29, 0.717) is 10.7 Å². The molecule has 0 spiro atoms. The summed E-state index contributed by atoms with van der Waals surface area (Å²) in [5.74, 6) is 1.20. The van der Waals surface area contributed by atoms with E-state index >= 15 is 0 Å². The minimum atomic E-state index is -0.231. The molecular weight excluding hydrogens is 297 g/mol. The number of anilines is 1. The first-order chi connectivity index (χ1) is 8.63. The molecule has 0 amide bonds. The number of H-pyrrole nitrogens is 1. The van der Waals surface area contributed by atoms with E-state index in [9.17, 15) is 4.39 Å². The Morgan fingerprint density at radius 1 is 1.50 bits per heavy atom. The predicted molar refractivity (Wildman–Crippen MR) is 74.8 cm³/mol. The molecule has 2 heterocycles. The fraction of sp³-hybridized carbons (Fsp3) is 0.462. The molecule has 18 heavy (non-hydrogen) atoms. The quantitative estimate of drug-likeness (QED) is 0.819. The van der Waals surface area contributed by atoms with Crippen LogP contribution in [0.1, 0.15) is 13.3 Å². The van der Waals surface area contributed by atoms with E-state index in [1.54, 1.807) is 6.07 Å². The summed E-state index contributed by atoms with van der Waals surface area (Å²) in [6.45, 7) is 4.18. The number of benzene rings is 1. The van der Waals surface area contributed by atoms with Crippen molar-refractivity contribution in [2.75, 3.05) is 18.0 Å². The zero-order chi connectivity index (χ0) is 12.7. The van der Waals surface area contributed by atoms with Crippen molar-refractivity contribution >= 4 is 32.9 Å². The van der Waals surface area contributed by atoms with Gasteiger partial charge in [-0.25, -0.2) is 9.37 Å². The first kappa shape index (κ1) is 12.0. The van der Waals surface area contributed by atoms with Crippen molar-refractivity contribution in [2.24, 2.45) is 5.92 Å². The van der Waals surface area contributed by atoms with Crippen LogP contribution in [0.2, 0.25) is 0 Å². The lowest BCUT2D eigenvalue weighted by molar-refractivity contribution is 0.462. The van der Waals surface area contributed by atoms with E-state index in [4.69, 9.17) is 0 Å². The molecule has 1 aliphatic heterocycles. The number of fused-ring (bicyclic) bond motifs is 1. The molecule has 5 heteroatoms. The van der Waals surface area contributed by atoms with Gasteiger partial charge in [0, 0.05) is 17.9 Å². The Balaban J connectivity index is 1.90. The third-order valence-electron chi connectivity index (χ3n) is 3.53. The minimum absolute atomic E-state index is 0.231. The maximum absolute atomic E-state index is 13.1. The van der Waals surface area contributed by atoms with Crippen LogP contribution in [0.5, 0.6) is 0 Å². The van der Waals surface area contributed by atoms with Crippen molar-refractivity contribution in [2.45, 2.75) is 18.2 Å². The Hall–Kier alpha value is -1.10. The van der Waals surface area contributed by atoms with Crippen molar-refractivity contribution in [1.82, 2.24) is 9.97 Å². The third kappa shape index (κ3) is 2.11. The summed E-state index contributed by atoms with van der Waals surface area (Å²) >= 11 is 3.69. The van der Waals surface area contributed by atoms with Crippen molar-refractivity contribution in [3.8, 4) is 0 Å². The normalized spacial score (nSPS) is 24.7. The number of aromatic nitrogens is 2. The molecule has 1 aromatic heterocycles. The van der Waals surface area contributed by atoms with Gasteiger partial charge in [0.25, 0.3) is 0 Å². The number of piperidine rings is 1. The second kappa shape index (κ2) is 4.53. The zero-order valence-electron chi connectivity index (χ0n) is 10.2. The summed E-state index contributed by atoms with van der Waals surface area (Å²) in [4.78, 5) is 10.5. The average molecular weight is 312 g/mol. The number of hydrogen-bond acceptors (Lipinski definition) is 2. The van der Waals surface area contributed by atoms with Gasteiger partial charge in [-0.3, -0.25) is 0 Å². The second-order valence-corrected chi connectivity index (χ2v) is 6.13. The molecule has 2 unspecified atom stereocenters. The zero-order valence-corrected chi connectivity index (χ0v) is 11.7. The van der Waals surface area contributed by atoms with Crippen LogP contribution in [-0.2, 0) is 0 Å². The molecule has 0 aliphatic carbocycles. The van der Waals surface area contributed by atoms with Gasteiger partial charge in [0.1, 0.15) is 5.82 Å². The summed E-state index contributed by atoms with van der Waals surface area (Å²) in [6, 6.07) is 4.65. The first-order valence-electron chi connectivity index (χ1n) is 6.18. The van der Waals surface area contributed by atoms with Gasteiger partial charge in [0.2, 0.25) is 5.95 Å². The SMILES string of the molecule is CC1CN(c2nc3ccc(F)cc3[nH]2)CCC1Br. The summed E-state index contributed by atoms with van der Waals surface area (Å²) in [6.07, 6.45) is 1.10. The molecule has 96 valence electrons. The highest BCUT2D eigenvalue weighted by atomic mass is 79.9. The molecule has 2 atom stereocenters. The Kier molecular flexibility index (Phi) is 3.01. The molecule has 3 nitrogen and oxygen atoms in total. The number of halogens is 2. The molecule has 1 aliphatic rings. The molecule has 2 aromatic rings. The van der Waals surface area contributed by atoms with E-state index in [-0.39, 0.29) is 5.82 Å². The second-order valence-electron chi connectivity index (χ2n) is 4.95. The number of hydrogen-bond donors (Lipinski definition) is 1. The monoisotopic (exact) mass is 311 g/mol. The maximum atomic E-state index is 13.1. The molecule has 1 fully saturated rings. The van der Waals surface area contributed by atoms with E-state index in [2.05, 4.69) is 37.7 Å². The van der Waals surface area contributed by atoms with Gasteiger partial charge in [-0.2, -0.15) is 0 Å². The molecule has 0 saturated carbocycles. The van der Waals surface area contributed by atoms with E-state index < -0.39 is 0 Å². The van der Waals surface area contributed by atoms with Crippen LogP contribution in [0.4, 0.5) is 10.3 Å². The lowest BCUT2D eigenvalue weighted by Crippen LogP contribution is -2.40. The number of alkyl halides is 1. The van der Waals surface area contributed by atoms with Crippen molar-refractivity contribution < 1.29 is 4.39 Å². The predicted octanol–water partition coefficient (Wildman–Crippen LogP) is 3.31. The van der Waals surface area contributed by atoms with Crippen LogP contribution >= 0.6 is 15.9 Å². The van der Waals surface area contributed by atoms with Gasteiger partial charge in [0.05, 0.1) is 11.0 Å². The summed E-state index contributed by atoms with van der Waals surface area (Å²) in [5.41, 5.74) is 1.58. The Morgan fingerprint density at radius 3 is 3.11 bits per heavy atom. The van der Waals surface area contributed by atoms with Gasteiger partial charge in [-0.15, -0.1) is 0 Å². The molecular formula is C13H15BrFN3. The molecule has 0 bridgehead atoms. The van der Waals surface area contributed by atoms with Crippen molar-refractivity contribution in [3.63, 3.8) is 0 Å². The van der Waals surface area contributed by atoms with Gasteiger partial charge < -0.3 is 9.88 Å². The lowest BCUT2D eigenvalue weighted by atomic mass is 10.0. The first-order valence-corrected chi connectivity index (χ1v) is 7.09. The summed E-state index contributed by atoms with van der Waals surface area (Å²) in [7, 11) is 0. The Labute approximate surface area is 114 Å². The fourth-order valence-corrected chi connectivity index (χ4v) is 2.80. The fourth-order valence-electron chi connectivity index (χ4n) is 2.43. The third-order valence-corrected chi connectivity index (χ3v) is 4.89. The standard InChI is InChI=1S/C13H15BrFN3/c1-8-7-18(5-4-10(8)14)13-16-11-3-2-9(15)6-12(11)17-13/h2-3,6,8,10H,4-5,7H2,1H3,(H,16,17). The summed E-state index contributed by atoms with van der Waals surface area (Å²) < 4.78 is 13.1. The number of imidazole rings is 1. The minimum Gasteiger partial charge on any atom is -0.342 e. The molecule has 1 N–H and O–H groups in total. The number of nitrogens with zero attached hydrogens (tertiary/aromatic N) is 2. The van der Waals surface area contributed by atoms with Gasteiger partial charge >= 0.3 is 0 Å². The van der Waals surface area contributed by atoms with Gasteiger partial charge in [0.15, 0.2) is 0 Å². The van der Waals surface area contributed by atoms with E-state index in [1.807, 2.05) is 0 Å². The van der Waals surface area contributed by atoms with Crippen LogP contribution < -0.4 is 4.90 Å². The topological polar surface area (TPSA) is 31.9 Å². The molecule has 1 saturated heterocycles. The number of nitrogens with one attached hydrogen (secondary N) is 1. The van der Waals surface area contributed by atoms with Crippen LogP contribution in [0, 0.1) is 11.7 Å². The highest BCUT2D eigenvalue weighted by molar-refractivity contribution is 9.09. The molecule has 0 radical (unpaired) electrons. The molecule has 3 rings (SSSR count). The van der Waals surface area contributed by atoms with Crippen LogP contribution in [0.15, 0.2) is 18.2 Å². The molecule has 1 aromatic carbocycles. The van der Waals surface area contributed by atoms with Crippen molar-refractivity contribution in [1.29, 1.82) is 0 Å². The lowest BCUT2D eigenvalue weighted by Gasteiger charge is -2.34. The largest absolute Gasteiger partial charge is 0.342 e. The number of rotatable bonds is 1. The Bertz CT molecular complexity index is 568. The van der Waals surface area contributed by atoms with E-state index in [1.165, 1.54) is 12.1 Å². The average Bonchev–Trinajstić information content (AvgIpc) is 2.75. The van der Waals surface area contributed by atoms with Crippen molar-refractivity contribution in [3.05, 3.63) is 24.0 Å². The van der Waals surface area contributed by atoms with Gasteiger partial charge in [-0.1, -0.05) is 22.9 Å². The van der Waals surface area contributed by atoms with Crippen LogP contribution in [0.3, 0.4) is 0 Å². The smallest absolute Gasteiger partial charge is 0.203 e. The maximum Gasteiger partial charge on any atom is 0.203 e. The Morgan fingerprint density at radius 2 is 2.33 bits per heavy atom. The highest BCUT2D eigenvalue weighted by Crippen LogP contribution is 2.27.